The number of methoxy groups -OCH3 is 2. The molecule has 0 aliphatic carbocycles. The lowest BCUT2D eigenvalue weighted by Crippen LogP contribution is -2.60. The van der Waals surface area contributed by atoms with Crippen LogP contribution in [0, 0.1) is 23.7 Å². The van der Waals surface area contributed by atoms with Crippen molar-refractivity contribution in [1.82, 2.24) is 25.3 Å². The van der Waals surface area contributed by atoms with E-state index in [1.54, 1.807) is 30.9 Å². The zero-order valence-corrected chi connectivity index (χ0v) is 36.5. The van der Waals surface area contributed by atoms with Gasteiger partial charge in [-0.15, -0.1) is 0 Å². The Bertz CT molecular complexity index is 1410. The summed E-state index contributed by atoms with van der Waals surface area (Å²) in [6.07, 6.45) is 2.51. The normalized spacial score (nSPS) is 18.7. The van der Waals surface area contributed by atoms with Crippen molar-refractivity contribution in [2.24, 2.45) is 29.4 Å². The van der Waals surface area contributed by atoms with E-state index in [4.69, 9.17) is 15.2 Å². The van der Waals surface area contributed by atoms with Crippen LogP contribution in [0.2, 0.25) is 0 Å². The summed E-state index contributed by atoms with van der Waals surface area (Å²) in [5.74, 6) is -3.27. The van der Waals surface area contributed by atoms with E-state index in [0.717, 1.165) is 18.4 Å². The molecule has 2 unspecified atom stereocenters. The Hall–Kier alpha value is -3.59. The molecular weight excluding hydrogens is 729 g/mol. The molecule has 2 rings (SSSR count). The molecule has 1 aromatic rings. The Balaban J connectivity index is 2.27. The SMILES string of the molecule is CC[C@H](C)C([C@@H](CC(=O)N1CCC[C@H]1[C@H](OC)[C@@H](C)C(=O)N[C@@H](Cc1ccccc1)C(=O)O)OC)N(C)C(=O)[C@@H](NC(=O)C(C(C)C)N(C)CCCCN)C(C)C. The van der Waals surface area contributed by atoms with Crippen molar-refractivity contribution < 1.29 is 38.6 Å². The topological polar surface area (TPSA) is 184 Å². The lowest BCUT2D eigenvalue weighted by molar-refractivity contribution is -0.148. The van der Waals surface area contributed by atoms with Crippen molar-refractivity contribution in [1.29, 1.82) is 0 Å². The molecule has 57 heavy (non-hydrogen) atoms. The minimum atomic E-state index is -1.14. The van der Waals surface area contributed by atoms with Crippen LogP contribution in [0.25, 0.3) is 0 Å². The van der Waals surface area contributed by atoms with Crippen LogP contribution in [-0.2, 0) is 39.9 Å². The predicted octanol–water partition coefficient (Wildman–Crippen LogP) is 3.55. The molecule has 14 nitrogen and oxygen atoms in total. The quantitative estimate of drug-likeness (QED) is 0.107. The highest BCUT2D eigenvalue weighted by Gasteiger charge is 2.43. The maximum atomic E-state index is 14.4. The first kappa shape index (κ1) is 49.6. The Morgan fingerprint density at radius 1 is 0.930 bits per heavy atom. The van der Waals surface area contributed by atoms with Gasteiger partial charge >= 0.3 is 5.97 Å². The highest BCUT2D eigenvalue weighted by molar-refractivity contribution is 5.90. The molecule has 1 fully saturated rings. The Morgan fingerprint density at radius 3 is 2.11 bits per heavy atom. The Morgan fingerprint density at radius 2 is 1.58 bits per heavy atom. The maximum absolute atomic E-state index is 14.4. The molecule has 0 bridgehead atoms. The van der Waals surface area contributed by atoms with Crippen molar-refractivity contribution in [3.05, 3.63) is 35.9 Å². The zero-order valence-electron chi connectivity index (χ0n) is 36.5. The zero-order chi connectivity index (χ0) is 43.0. The van der Waals surface area contributed by atoms with Gasteiger partial charge < -0.3 is 40.7 Å². The van der Waals surface area contributed by atoms with E-state index in [9.17, 15) is 29.1 Å². The first-order chi connectivity index (χ1) is 26.9. The van der Waals surface area contributed by atoms with Crippen LogP contribution in [-0.4, -0.2) is 140 Å². The van der Waals surface area contributed by atoms with E-state index in [0.29, 0.717) is 38.9 Å². The molecule has 1 saturated heterocycles. The number of nitrogens with two attached hydrogens (primary N) is 1. The summed E-state index contributed by atoms with van der Waals surface area (Å²) >= 11 is 0. The number of ether oxygens (including phenoxy) is 2. The van der Waals surface area contributed by atoms with Crippen LogP contribution in [0.4, 0.5) is 0 Å². The van der Waals surface area contributed by atoms with Crippen LogP contribution in [0.5, 0.6) is 0 Å². The van der Waals surface area contributed by atoms with Crippen molar-refractivity contribution in [3.8, 4) is 0 Å². The van der Waals surface area contributed by atoms with E-state index >= 15 is 0 Å². The van der Waals surface area contributed by atoms with Crippen molar-refractivity contribution in [3.63, 3.8) is 0 Å². The van der Waals surface area contributed by atoms with Gasteiger partial charge in [-0.1, -0.05) is 85.2 Å². The van der Waals surface area contributed by atoms with Crippen molar-refractivity contribution >= 4 is 29.6 Å². The number of likely N-dealkylation sites (tertiary alicyclic amines) is 1. The van der Waals surface area contributed by atoms with E-state index in [1.807, 2.05) is 83.8 Å². The van der Waals surface area contributed by atoms with Crippen LogP contribution >= 0.6 is 0 Å². The second-order valence-electron chi connectivity index (χ2n) is 16.6. The number of amides is 4. The van der Waals surface area contributed by atoms with Crippen LogP contribution in [0.3, 0.4) is 0 Å². The summed E-state index contributed by atoms with van der Waals surface area (Å²) in [6, 6.07) is 5.83. The van der Waals surface area contributed by atoms with Gasteiger partial charge in [0.25, 0.3) is 0 Å². The highest BCUT2D eigenvalue weighted by Crippen LogP contribution is 2.30. The van der Waals surface area contributed by atoms with Crippen molar-refractivity contribution in [2.75, 3.05) is 47.9 Å². The highest BCUT2D eigenvalue weighted by atomic mass is 16.5. The fourth-order valence-electron chi connectivity index (χ4n) is 8.29. The molecule has 14 heteroatoms. The summed E-state index contributed by atoms with van der Waals surface area (Å²) in [4.78, 5) is 73.5. The molecular formula is C43H74N6O8. The smallest absolute Gasteiger partial charge is 0.326 e. The minimum Gasteiger partial charge on any atom is -0.480 e. The monoisotopic (exact) mass is 803 g/mol. The average Bonchev–Trinajstić information content (AvgIpc) is 3.66. The fraction of sp³-hybridized carbons (Fsp3) is 0.744. The van der Waals surface area contributed by atoms with Gasteiger partial charge in [-0.05, 0) is 69.1 Å². The van der Waals surface area contributed by atoms with Gasteiger partial charge in [-0.3, -0.25) is 24.1 Å². The van der Waals surface area contributed by atoms with E-state index < -0.39 is 60.2 Å². The molecule has 0 spiro atoms. The standard InChI is InChI=1S/C43H74N6O8/c1-12-29(6)38(48(9)42(53)36(27(2)3)46-41(52)37(28(4)5)47(8)23-17-16-22-44)34(56-10)26-35(50)49-24-18-21-33(49)39(57-11)30(7)40(51)45-32(43(54)55)25-31-19-14-13-15-20-31/h13-15,19-20,27-30,32-34,36-39H,12,16-18,21-26,44H2,1-11H3,(H,45,51)(H,46,52)(H,54,55)/t29-,30+,32-,33-,34+,36-,37?,38?,39+/m0/s1. The molecule has 1 aliphatic rings. The van der Waals surface area contributed by atoms with Gasteiger partial charge in [0.15, 0.2) is 0 Å². The number of hydrogen-bond acceptors (Lipinski definition) is 9. The largest absolute Gasteiger partial charge is 0.480 e. The third kappa shape index (κ3) is 14.0. The molecule has 0 aromatic heterocycles. The number of aliphatic carboxylic acids is 1. The van der Waals surface area contributed by atoms with Gasteiger partial charge in [-0.25, -0.2) is 4.79 Å². The summed E-state index contributed by atoms with van der Waals surface area (Å²) in [7, 11) is 6.69. The number of hydrogen-bond donors (Lipinski definition) is 4. The van der Waals surface area contributed by atoms with Crippen LogP contribution in [0.1, 0.15) is 92.6 Å². The number of rotatable bonds is 25. The number of likely N-dealkylation sites (N-methyl/N-ethyl adjacent to an activating group) is 2. The molecule has 1 aliphatic heterocycles. The second kappa shape index (κ2) is 24.4. The minimum absolute atomic E-state index is 0.0102. The third-order valence-electron chi connectivity index (χ3n) is 11.7. The molecule has 324 valence electrons. The van der Waals surface area contributed by atoms with Crippen LogP contribution < -0.4 is 16.4 Å². The summed E-state index contributed by atoms with van der Waals surface area (Å²) in [5, 5.41) is 15.7. The second-order valence-corrected chi connectivity index (χ2v) is 16.6. The lowest BCUT2D eigenvalue weighted by Gasteiger charge is -2.41. The molecule has 9 atom stereocenters. The fourth-order valence-corrected chi connectivity index (χ4v) is 8.29. The van der Waals surface area contributed by atoms with Gasteiger partial charge in [0.1, 0.15) is 12.1 Å². The molecule has 1 aromatic carbocycles. The number of carboxylic acids is 1. The van der Waals surface area contributed by atoms with Crippen molar-refractivity contribution in [2.45, 2.75) is 136 Å². The number of nitrogens with one attached hydrogen (secondary N) is 2. The first-order valence-corrected chi connectivity index (χ1v) is 20.8. The van der Waals surface area contributed by atoms with Crippen LogP contribution in [0.15, 0.2) is 30.3 Å². The number of nitrogens with zero attached hydrogens (tertiary/aromatic N) is 3. The van der Waals surface area contributed by atoms with Gasteiger partial charge in [0, 0.05) is 34.2 Å². The molecule has 1 heterocycles. The Kier molecular flexibility index (Phi) is 21.2. The lowest BCUT2D eigenvalue weighted by atomic mass is 9.89. The van der Waals surface area contributed by atoms with Gasteiger partial charge in [-0.2, -0.15) is 0 Å². The maximum Gasteiger partial charge on any atom is 0.326 e. The summed E-state index contributed by atoms with van der Waals surface area (Å²) in [6.45, 7) is 15.3. The third-order valence-corrected chi connectivity index (χ3v) is 11.7. The van der Waals surface area contributed by atoms with Gasteiger partial charge in [0.05, 0.1) is 42.7 Å². The van der Waals surface area contributed by atoms with Gasteiger partial charge in [0.2, 0.25) is 23.6 Å². The Labute approximate surface area is 341 Å². The molecule has 4 amide bonds. The predicted molar refractivity (Wildman–Crippen MR) is 222 cm³/mol. The number of unbranched alkanes of at least 4 members (excludes halogenated alkanes) is 1. The first-order valence-electron chi connectivity index (χ1n) is 20.8. The average molecular weight is 803 g/mol. The number of benzene rings is 1. The molecule has 0 saturated carbocycles. The number of carbonyl (C=O) groups is 5. The molecule has 0 radical (unpaired) electrons. The van der Waals surface area contributed by atoms with E-state index in [-0.39, 0.29) is 48.3 Å². The number of carboxylic acid groups (broad SMARTS) is 1. The summed E-state index contributed by atoms with van der Waals surface area (Å²) in [5.41, 5.74) is 6.48. The van der Waals surface area contributed by atoms with E-state index in [1.165, 1.54) is 7.11 Å². The van der Waals surface area contributed by atoms with E-state index in [2.05, 4.69) is 10.6 Å². The number of carbonyl (C=O) groups excluding carboxylic acids is 4. The molecule has 5 N–H and O–H groups in total. The summed E-state index contributed by atoms with van der Waals surface area (Å²) < 4.78 is 11.9.